The predicted octanol–water partition coefficient (Wildman–Crippen LogP) is -0.268. The fourth-order valence-corrected chi connectivity index (χ4v) is 0.816. The lowest BCUT2D eigenvalue weighted by Gasteiger charge is -1.84. The van der Waals surface area contributed by atoms with E-state index in [9.17, 15) is 4.79 Å². The number of hydrogen-bond acceptors (Lipinski definition) is 5. The van der Waals surface area contributed by atoms with Crippen LogP contribution in [0.2, 0.25) is 0 Å². The van der Waals surface area contributed by atoms with Crippen LogP contribution in [0.5, 0.6) is 0 Å². The minimum Gasteiger partial charge on any atom is -0.266 e. The van der Waals surface area contributed by atoms with Crippen LogP contribution in [-0.4, -0.2) is 20.2 Å². The largest absolute Gasteiger partial charge is 0.288 e. The van der Waals surface area contributed by atoms with Crippen LogP contribution in [0, 0.1) is 0 Å². The zero-order chi connectivity index (χ0) is 8.39. The fraction of sp³-hybridized carbons (Fsp3) is 0. The maximum Gasteiger partial charge on any atom is 0.288 e. The molecule has 2 rings (SSSR count). The van der Waals surface area contributed by atoms with Gasteiger partial charge in [-0.05, 0) is 6.07 Å². The molecule has 5 nitrogen and oxygen atoms in total. The smallest absolute Gasteiger partial charge is 0.266 e. The van der Waals surface area contributed by atoms with Gasteiger partial charge in [0.15, 0.2) is 0 Å². The zero-order valence-electron chi connectivity index (χ0n) is 6.01. The molecule has 0 fully saturated rings. The molecule has 0 bridgehead atoms. The highest BCUT2D eigenvalue weighted by molar-refractivity contribution is 5.47. The van der Waals surface area contributed by atoms with Gasteiger partial charge in [0.25, 0.3) is 5.56 Å². The topological polar surface area (TPSA) is 68.6 Å². The highest BCUT2D eigenvalue weighted by atomic mass is 16.1. The monoisotopic (exact) mass is 160 g/mol. The van der Waals surface area contributed by atoms with E-state index in [4.69, 9.17) is 0 Å². The van der Waals surface area contributed by atoms with Crippen LogP contribution >= 0.6 is 0 Å². The van der Waals surface area contributed by atoms with Crippen LogP contribution in [0.25, 0.3) is 11.5 Å². The van der Waals surface area contributed by atoms with Crippen LogP contribution in [0.15, 0.2) is 29.3 Å². The first kappa shape index (κ1) is 6.78. The minimum absolute atomic E-state index is 0.382. The molecule has 0 unspecified atom stereocenters. The summed E-state index contributed by atoms with van der Waals surface area (Å²) in [6, 6.07) is 4.56. The second kappa shape index (κ2) is 2.61. The normalized spacial score (nSPS) is 10.0. The third kappa shape index (κ3) is 1.12. The summed E-state index contributed by atoms with van der Waals surface area (Å²) >= 11 is 0. The molecule has 0 spiro atoms. The molecule has 0 aliphatic carbocycles. The highest BCUT2D eigenvalue weighted by Crippen LogP contribution is 2.07. The van der Waals surface area contributed by atoms with Crippen molar-refractivity contribution >= 4 is 0 Å². The van der Waals surface area contributed by atoms with Gasteiger partial charge in [-0.15, -0.1) is 10.2 Å². The van der Waals surface area contributed by atoms with Crippen molar-refractivity contribution in [2.24, 2.45) is 0 Å². The summed E-state index contributed by atoms with van der Waals surface area (Å²) in [7, 11) is 0. The molecule has 0 amide bonds. The molecule has 0 aromatic carbocycles. The highest BCUT2D eigenvalue weighted by Gasteiger charge is 2.02. The Morgan fingerprint density at radius 2 is 2.00 bits per heavy atom. The Kier molecular flexibility index (Phi) is 1.48. The Morgan fingerprint density at radius 1 is 1.08 bits per heavy atom. The van der Waals surface area contributed by atoms with Gasteiger partial charge in [-0.3, -0.25) is 4.79 Å². The third-order valence-corrected chi connectivity index (χ3v) is 1.34. The molecule has 0 aromatic heterocycles. The Morgan fingerprint density at radius 3 is 2.92 bits per heavy atom. The minimum atomic E-state index is -0.389. The molecule has 12 heavy (non-hydrogen) atoms. The summed E-state index contributed by atoms with van der Waals surface area (Å²) in [6.45, 7) is 0. The van der Waals surface area contributed by atoms with Gasteiger partial charge in [0.1, 0.15) is 12.0 Å². The van der Waals surface area contributed by atoms with Gasteiger partial charge in [0.2, 0.25) is 5.82 Å². The van der Waals surface area contributed by atoms with Gasteiger partial charge in [0, 0.05) is 6.07 Å². The van der Waals surface area contributed by atoms with Gasteiger partial charge < -0.3 is 0 Å². The first-order valence-electron chi connectivity index (χ1n) is 3.31. The average molecular weight is 160 g/mol. The second-order valence-corrected chi connectivity index (χ2v) is 2.15. The summed E-state index contributed by atoms with van der Waals surface area (Å²) in [4.78, 5) is 18.5. The van der Waals surface area contributed by atoms with Crippen molar-refractivity contribution in [3.8, 4) is 11.5 Å². The van der Waals surface area contributed by atoms with Crippen molar-refractivity contribution in [3.63, 3.8) is 0 Å². The Balaban J connectivity index is 2.77. The maximum absolute atomic E-state index is 10.8. The van der Waals surface area contributed by atoms with E-state index in [1.165, 1.54) is 12.4 Å². The average Bonchev–Trinajstić information content (AvgIpc) is 2.45. The van der Waals surface area contributed by atoms with E-state index < -0.39 is 0 Å². The lowest BCUT2D eigenvalue weighted by Crippen LogP contribution is -2.03. The summed E-state index contributed by atoms with van der Waals surface area (Å²) in [6.07, 6.45) is 1.38. The lowest BCUT2D eigenvalue weighted by atomic mass is 10.4. The molecule has 0 N–H and O–H groups in total. The first-order valence-corrected chi connectivity index (χ1v) is 3.31. The quantitative estimate of drug-likeness (QED) is 0.530. The molecule has 58 valence electrons. The Labute approximate surface area is 67.5 Å². The molecule has 5 heteroatoms. The Hall–Kier alpha value is -1.91. The molecule has 2 aliphatic heterocycles. The van der Waals surface area contributed by atoms with Gasteiger partial charge in [-0.1, -0.05) is 6.07 Å². The van der Waals surface area contributed by atoms with Gasteiger partial charge in [-0.25, -0.2) is 9.97 Å². The van der Waals surface area contributed by atoms with E-state index in [0.29, 0.717) is 11.5 Å². The number of aromatic nitrogens is 4. The summed E-state index contributed by atoms with van der Waals surface area (Å²) in [5.74, 6) is 0.382. The van der Waals surface area contributed by atoms with Gasteiger partial charge in [0.05, 0.1) is 0 Å². The van der Waals surface area contributed by atoms with E-state index in [1.807, 2.05) is 0 Å². The molecular formula is C7H4N4O. The van der Waals surface area contributed by atoms with E-state index in [2.05, 4.69) is 20.2 Å². The number of rotatable bonds is 0. The van der Waals surface area contributed by atoms with Crippen LogP contribution < -0.4 is 5.56 Å². The summed E-state index contributed by atoms with van der Waals surface area (Å²) in [5, 5.41) is 6.98. The molecule has 0 saturated heterocycles. The SMILES string of the molecule is O=c1cccc2ncnc-2nn1. The molecule has 0 saturated carbocycles. The van der Waals surface area contributed by atoms with Crippen LogP contribution in [0.3, 0.4) is 0 Å². The van der Waals surface area contributed by atoms with Crippen LogP contribution in [0.1, 0.15) is 0 Å². The standard InChI is InChI=1S/C7H4N4O/c12-6-3-1-2-5-7(11-10-6)9-4-8-5/h1-4H. The van der Waals surface area contributed by atoms with Crippen LogP contribution in [0.4, 0.5) is 0 Å². The summed E-state index contributed by atoms with van der Waals surface area (Å²) in [5.41, 5.74) is 0.238. The van der Waals surface area contributed by atoms with Crippen molar-refractivity contribution in [3.05, 3.63) is 34.9 Å². The van der Waals surface area contributed by atoms with Crippen molar-refractivity contribution in [1.29, 1.82) is 0 Å². The van der Waals surface area contributed by atoms with Crippen molar-refractivity contribution < 1.29 is 0 Å². The lowest BCUT2D eigenvalue weighted by molar-refractivity contribution is 0.987. The van der Waals surface area contributed by atoms with Crippen molar-refractivity contribution in [1.82, 2.24) is 20.2 Å². The second-order valence-electron chi connectivity index (χ2n) is 2.15. The maximum atomic E-state index is 10.8. The van der Waals surface area contributed by atoms with Gasteiger partial charge >= 0.3 is 0 Å². The number of imidazole rings is 1. The Bertz CT molecular complexity index is 430. The number of nitrogens with zero attached hydrogens (tertiary/aromatic N) is 4. The van der Waals surface area contributed by atoms with Crippen molar-refractivity contribution in [2.45, 2.75) is 0 Å². The van der Waals surface area contributed by atoms with E-state index >= 15 is 0 Å². The fourth-order valence-electron chi connectivity index (χ4n) is 0.816. The molecule has 0 radical (unpaired) electrons. The van der Waals surface area contributed by atoms with E-state index in [-0.39, 0.29) is 5.56 Å². The first-order chi connectivity index (χ1) is 5.86. The molecular weight excluding hydrogens is 156 g/mol. The zero-order valence-corrected chi connectivity index (χ0v) is 6.01. The summed E-state index contributed by atoms with van der Waals surface area (Å²) < 4.78 is 0. The predicted molar refractivity (Wildman–Crippen MR) is 40.5 cm³/mol. The number of fused-ring (bicyclic) bond motifs is 1. The third-order valence-electron chi connectivity index (χ3n) is 1.34. The van der Waals surface area contributed by atoms with Crippen LogP contribution in [-0.2, 0) is 0 Å². The molecule has 2 aliphatic rings. The molecule has 0 atom stereocenters. The van der Waals surface area contributed by atoms with Gasteiger partial charge in [-0.2, -0.15) is 0 Å². The van der Waals surface area contributed by atoms with E-state index in [1.54, 1.807) is 12.1 Å². The van der Waals surface area contributed by atoms with Crippen molar-refractivity contribution in [2.75, 3.05) is 0 Å². The van der Waals surface area contributed by atoms with E-state index in [0.717, 1.165) is 0 Å². The molecule has 2 heterocycles. The number of hydrogen-bond donors (Lipinski definition) is 0. The molecule has 0 aromatic rings.